The van der Waals surface area contributed by atoms with Gasteiger partial charge < -0.3 is 14.9 Å². The Hall–Kier alpha value is -1.47. The second-order valence-corrected chi connectivity index (χ2v) is 4.87. The van der Waals surface area contributed by atoms with Crippen molar-refractivity contribution in [3.63, 3.8) is 0 Å². The number of alkyl halides is 3. The number of carbonyl (C=O) groups excluding carboxylic acids is 1. The van der Waals surface area contributed by atoms with Gasteiger partial charge in [-0.25, -0.2) is 4.79 Å². The Morgan fingerprint density at radius 2 is 1.84 bits per heavy atom. The van der Waals surface area contributed by atoms with Crippen molar-refractivity contribution in [3.8, 4) is 0 Å². The summed E-state index contributed by atoms with van der Waals surface area (Å²) in [6.07, 6.45) is -3.23. The Kier molecular flexibility index (Phi) is 4.65. The van der Waals surface area contributed by atoms with E-state index in [4.69, 9.17) is 5.11 Å². The second-order valence-electron chi connectivity index (χ2n) is 4.87. The Morgan fingerprint density at radius 3 is 2.16 bits per heavy atom. The molecule has 0 aromatic rings. The van der Waals surface area contributed by atoms with E-state index in [0.29, 0.717) is 17.7 Å². The summed E-state index contributed by atoms with van der Waals surface area (Å²) >= 11 is 0. The fourth-order valence-electron chi connectivity index (χ4n) is 1.71. The summed E-state index contributed by atoms with van der Waals surface area (Å²) in [7, 11) is 0. The minimum atomic E-state index is -4.50. The Balaban J connectivity index is 2.81. The molecule has 0 atom stereocenters. The summed E-state index contributed by atoms with van der Waals surface area (Å²) in [5.41, 5.74) is 0. The highest BCUT2D eigenvalue weighted by molar-refractivity contribution is 5.81. The van der Waals surface area contributed by atoms with Gasteiger partial charge in [-0.1, -0.05) is 0 Å². The average Bonchev–Trinajstić information content (AvgIpc) is 3.03. The van der Waals surface area contributed by atoms with E-state index < -0.39 is 37.3 Å². The van der Waals surface area contributed by atoms with Gasteiger partial charge >= 0.3 is 18.2 Å². The van der Waals surface area contributed by atoms with E-state index in [1.807, 2.05) is 0 Å². The van der Waals surface area contributed by atoms with Crippen LogP contribution in [-0.2, 0) is 4.79 Å². The third kappa shape index (κ3) is 4.96. The summed E-state index contributed by atoms with van der Waals surface area (Å²) in [6, 6.07) is -1.76. The van der Waals surface area contributed by atoms with E-state index in [1.165, 1.54) is 13.8 Å². The molecule has 0 radical (unpaired) electrons. The van der Waals surface area contributed by atoms with Crippen LogP contribution < -0.4 is 0 Å². The number of hydrogen-bond acceptors (Lipinski definition) is 2. The number of carbonyl (C=O) groups is 2. The molecule has 0 unspecified atom stereocenters. The van der Waals surface area contributed by atoms with Crippen molar-refractivity contribution >= 4 is 12.0 Å². The van der Waals surface area contributed by atoms with Crippen LogP contribution in [0.5, 0.6) is 0 Å². The van der Waals surface area contributed by atoms with Crippen LogP contribution >= 0.6 is 0 Å². The lowest BCUT2D eigenvalue weighted by atomic mass is 10.3. The zero-order chi connectivity index (χ0) is 14.8. The molecule has 1 saturated carbocycles. The SMILES string of the molecule is CC(C)N(CC(F)(F)F)C(=O)N(CC(=O)O)C1CC1. The number of halogens is 3. The van der Waals surface area contributed by atoms with Gasteiger partial charge in [-0.3, -0.25) is 4.79 Å². The molecular weight excluding hydrogens is 265 g/mol. The lowest BCUT2D eigenvalue weighted by Gasteiger charge is -2.33. The first-order valence-electron chi connectivity index (χ1n) is 5.97. The minimum Gasteiger partial charge on any atom is -0.480 e. The standard InChI is InChI=1S/C11H17F3N2O3/c1-7(2)16(6-11(12,13)14)10(19)15(5-9(17)18)8-3-4-8/h7-8H,3-6H2,1-2H3,(H,17,18). The van der Waals surface area contributed by atoms with E-state index in [-0.39, 0.29) is 6.04 Å². The van der Waals surface area contributed by atoms with Crippen LogP contribution in [-0.4, -0.2) is 58.3 Å². The van der Waals surface area contributed by atoms with Crippen molar-refractivity contribution in [1.29, 1.82) is 0 Å². The number of nitrogens with zero attached hydrogens (tertiary/aromatic N) is 2. The van der Waals surface area contributed by atoms with Crippen LogP contribution in [0, 0.1) is 0 Å². The summed E-state index contributed by atoms with van der Waals surface area (Å²) in [4.78, 5) is 24.4. The lowest BCUT2D eigenvalue weighted by Crippen LogP contribution is -2.51. The minimum absolute atomic E-state index is 0.252. The number of urea groups is 1. The summed E-state index contributed by atoms with van der Waals surface area (Å²) < 4.78 is 37.3. The predicted molar refractivity (Wildman–Crippen MR) is 60.7 cm³/mol. The number of carboxylic acid groups (broad SMARTS) is 1. The van der Waals surface area contributed by atoms with E-state index in [9.17, 15) is 22.8 Å². The monoisotopic (exact) mass is 282 g/mol. The second kappa shape index (κ2) is 5.66. The number of aliphatic carboxylic acids is 1. The first kappa shape index (κ1) is 15.6. The summed E-state index contributed by atoms with van der Waals surface area (Å²) in [5, 5.41) is 8.73. The van der Waals surface area contributed by atoms with Crippen LogP contribution in [0.4, 0.5) is 18.0 Å². The van der Waals surface area contributed by atoms with Gasteiger partial charge in [0.05, 0.1) is 0 Å². The van der Waals surface area contributed by atoms with Gasteiger partial charge in [-0.2, -0.15) is 13.2 Å². The first-order valence-corrected chi connectivity index (χ1v) is 5.97. The van der Waals surface area contributed by atoms with Crippen LogP contribution in [0.15, 0.2) is 0 Å². The van der Waals surface area contributed by atoms with E-state index in [2.05, 4.69) is 0 Å². The van der Waals surface area contributed by atoms with Gasteiger partial charge in [0.15, 0.2) is 0 Å². The van der Waals surface area contributed by atoms with E-state index >= 15 is 0 Å². The maximum Gasteiger partial charge on any atom is 0.406 e. The van der Waals surface area contributed by atoms with Crippen LogP contribution in [0.3, 0.4) is 0 Å². The molecule has 1 aliphatic carbocycles. The van der Waals surface area contributed by atoms with Crippen molar-refractivity contribution in [2.45, 2.75) is 44.9 Å². The van der Waals surface area contributed by atoms with Gasteiger partial charge in [0.1, 0.15) is 13.1 Å². The van der Waals surface area contributed by atoms with Crippen molar-refractivity contribution < 1.29 is 27.9 Å². The molecule has 19 heavy (non-hydrogen) atoms. The zero-order valence-electron chi connectivity index (χ0n) is 10.8. The Labute approximate surface area is 109 Å². The van der Waals surface area contributed by atoms with Crippen LogP contribution in [0.25, 0.3) is 0 Å². The third-order valence-corrected chi connectivity index (χ3v) is 2.76. The Morgan fingerprint density at radius 1 is 1.32 bits per heavy atom. The number of hydrogen-bond donors (Lipinski definition) is 1. The summed E-state index contributed by atoms with van der Waals surface area (Å²) in [6.45, 7) is 1.00. The number of amides is 2. The van der Waals surface area contributed by atoms with Crippen molar-refractivity contribution in [3.05, 3.63) is 0 Å². The molecule has 0 heterocycles. The maximum atomic E-state index is 12.4. The molecule has 1 N–H and O–H groups in total. The van der Waals surface area contributed by atoms with Crippen molar-refractivity contribution in [2.75, 3.05) is 13.1 Å². The van der Waals surface area contributed by atoms with Gasteiger partial charge in [0, 0.05) is 12.1 Å². The van der Waals surface area contributed by atoms with Gasteiger partial charge in [0.2, 0.25) is 0 Å². The van der Waals surface area contributed by atoms with Gasteiger partial charge in [-0.15, -0.1) is 0 Å². The first-order chi connectivity index (χ1) is 8.61. The third-order valence-electron chi connectivity index (χ3n) is 2.76. The molecule has 110 valence electrons. The van der Waals surface area contributed by atoms with E-state index in [1.54, 1.807) is 0 Å². The Bertz CT molecular complexity index is 354. The molecule has 0 aliphatic heterocycles. The number of rotatable bonds is 5. The topological polar surface area (TPSA) is 60.9 Å². The fourth-order valence-corrected chi connectivity index (χ4v) is 1.71. The predicted octanol–water partition coefficient (Wildman–Crippen LogP) is 1.93. The molecule has 2 amide bonds. The average molecular weight is 282 g/mol. The molecule has 1 rings (SSSR count). The molecule has 0 aromatic heterocycles. The molecule has 8 heteroatoms. The zero-order valence-corrected chi connectivity index (χ0v) is 10.8. The van der Waals surface area contributed by atoms with E-state index in [0.717, 1.165) is 4.90 Å². The summed E-state index contributed by atoms with van der Waals surface area (Å²) in [5.74, 6) is -1.23. The lowest BCUT2D eigenvalue weighted by molar-refractivity contribution is -0.144. The molecule has 5 nitrogen and oxygen atoms in total. The molecule has 0 bridgehead atoms. The highest BCUT2D eigenvalue weighted by atomic mass is 19.4. The smallest absolute Gasteiger partial charge is 0.406 e. The van der Waals surface area contributed by atoms with Crippen LogP contribution in [0.2, 0.25) is 0 Å². The van der Waals surface area contributed by atoms with Gasteiger partial charge in [0.25, 0.3) is 0 Å². The molecular formula is C11H17F3N2O3. The largest absolute Gasteiger partial charge is 0.480 e. The molecule has 0 spiro atoms. The normalized spacial score (nSPS) is 15.5. The fraction of sp³-hybridized carbons (Fsp3) is 0.818. The molecule has 0 saturated heterocycles. The quantitative estimate of drug-likeness (QED) is 0.838. The molecule has 1 fully saturated rings. The van der Waals surface area contributed by atoms with Crippen molar-refractivity contribution in [1.82, 2.24) is 9.80 Å². The number of carboxylic acids is 1. The van der Waals surface area contributed by atoms with Crippen LogP contribution in [0.1, 0.15) is 26.7 Å². The van der Waals surface area contributed by atoms with Gasteiger partial charge in [-0.05, 0) is 26.7 Å². The highest BCUT2D eigenvalue weighted by Gasteiger charge is 2.40. The molecule has 1 aliphatic rings. The van der Waals surface area contributed by atoms with Crippen molar-refractivity contribution in [2.24, 2.45) is 0 Å². The maximum absolute atomic E-state index is 12.4. The molecule has 0 aromatic carbocycles. The highest BCUT2D eigenvalue weighted by Crippen LogP contribution is 2.29.